The van der Waals surface area contributed by atoms with E-state index in [0.717, 1.165) is 17.9 Å². The van der Waals surface area contributed by atoms with Crippen molar-refractivity contribution in [1.29, 1.82) is 0 Å². The topological polar surface area (TPSA) is 138 Å². The Labute approximate surface area is 137 Å². The second-order valence-electron chi connectivity index (χ2n) is 5.67. The van der Waals surface area contributed by atoms with E-state index in [1.54, 1.807) is 0 Å². The van der Waals surface area contributed by atoms with Gasteiger partial charge in [-0.15, -0.1) is 0 Å². The van der Waals surface area contributed by atoms with Crippen LogP contribution >= 0.6 is 15.2 Å². The summed E-state index contributed by atoms with van der Waals surface area (Å²) in [5.41, 5.74) is 1.18. The molecule has 2 rings (SSSR count). The summed E-state index contributed by atoms with van der Waals surface area (Å²) in [6.07, 6.45) is 0.245. The first-order valence-electron chi connectivity index (χ1n) is 7.05. The van der Waals surface area contributed by atoms with E-state index < -0.39 is 26.7 Å². The minimum absolute atomic E-state index is 0.151. The van der Waals surface area contributed by atoms with Crippen molar-refractivity contribution < 1.29 is 33.8 Å². The van der Waals surface area contributed by atoms with Gasteiger partial charge in [-0.1, -0.05) is 30.3 Å². The first kappa shape index (κ1) is 19.2. The SMILES string of the molecule is O=P([O-])(O)C(O)(CC[S+]1CCC(c2ccccc2)C1)P(=O)(O)O. The summed E-state index contributed by atoms with van der Waals surface area (Å²) in [6.45, 7) is 0. The van der Waals surface area contributed by atoms with E-state index in [2.05, 4.69) is 0 Å². The summed E-state index contributed by atoms with van der Waals surface area (Å²) >= 11 is 0. The van der Waals surface area contributed by atoms with Gasteiger partial charge in [0.2, 0.25) is 5.08 Å². The Kier molecular flexibility index (Phi) is 5.82. The number of benzene rings is 1. The maximum Gasteiger partial charge on any atom is 0.365 e. The van der Waals surface area contributed by atoms with Gasteiger partial charge in [0.05, 0.1) is 0 Å². The molecule has 1 fully saturated rings. The summed E-state index contributed by atoms with van der Waals surface area (Å²) in [5.74, 6) is 2.08. The van der Waals surface area contributed by atoms with Gasteiger partial charge in [-0.25, -0.2) is 0 Å². The zero-order chi connectivity index (χ0) is 17.3. The van der Waals surface area contributed by atoms with Crippen molar-refractivity contribution in [2.75, 3.05) is 17.3 Å². The van der Waals surface area contributed by atoms with Gasteiger partial charge in [-0.3, -0.25) is 4.57 Å². The molecule has 0 amide bonds. The number of hydrogen-bond acceptors (Lipinski definition) is 4. The van der Waals surface area contributed by atoms with Crippen LogP contribution in [0.1, 0.15) is 24.3 Å². The van der Waals surface area contributed by atoms with Gasteiger partial charge < -0.3 is 29.2 Å². The minimum Gasteiger partial charge on any atom is -0.776 e. The van der Waals surface area contributed by atoms with Crippen LogP contribution in [0.5, 0.6) is 0 Å². The third-order valence-corrected chi connectivity index (χ3v) is 10.4. The summed E-state index contributed by atoms with van der Waals surface area (Å²) in [7, 11) is -11.2. The van der Waals surface area contributed by atoms with Gasteiger partial charge in [0, 0.05) is 18.8 Å². The lowest BCUT2D eigenvalue weighted by Crippen LogP contribution is -2.35. The molecule has 1 aromatic rings. The average Bonchev–Trinajstić information content (AvgIpc) is 2.92. The fourth-order valence-electron chi connectivity index (χ4n) is 2.67. The molecule has 7 nitrogen and oxygen atoms in total. The van der Waals surface area contributed by atoms with Crippen molar-refractivity contribution in [2.45, 2.75) is 23.8 Å². The molecule has 10 heteroatoms. The van der Waals surface area contributed by atoms with E-state index in [0.29, 0.717) is 5.92 Å². The van der Waals surface area contributed by atoms with Crippen LogP contribution in [0.4, 0.5) is 0 Å². The Morgan fingerprint density at radius 1 is 1.22 bits per heavy atom. The third-order valence-electron chi connectivity index (χ3n) is 4.11. The van der Waals surface area contributed by atoms with Crippen molar-refractivity contribution >= 4 is 26.1 Å². The largest absolute Gasteiger partial charge is 0.776 e. The van der Waals surface area contributed by atoms with Crippen molar-refractivity contribution in [3.63, 3.8) is 0 Å². The number of hydrogen-bond donors (Lipinski definition) is 4. The molecule has 0 saturated carbocycles. The Hall–Kier alpha value is -0.170. The molecule has 4 atom stereocenters. The van der Waals surface area contributed by atoms with Crippen molar-refractivity contribution in [2.24, 2.45) is 0 Å². The van der Waals surface area contributed by atoms with Crippen LogP contribution < -0.4 is 4.89 Å². The Balaban J connectivity index is 2.01. The summed E-state index contributed by atoms with van der Waals surface area (Å²) < 4.78 is 22.5. The highest BCUT2D eigenvalue weighted by Crippen LogP contribution is 2.67. The molecule has 130 valence electrons. The van der Waals surface area contributed by atoms with Crippen LogP contribution in [-0.4, -0.2) is 42.1 Å². The van der Waals surface area contributed by atoms with E-state index >= 15 is 0 Å². The van der Waals surface area contributed by atoms with E-state index in [9.17, 15) is 19.1 Å². The van der Waals surface area contributed by atoms with E-state index in [-0.39, 0.29) is 16.6 Å². The Morgan fingerprint density at radius 3 is 2.35 bits per heavy atom. The van der Waals surface area contributed by atoms with Crippen LogP contribution in [0, 0.1) is 0 Å². The van der Waals surface area contributed by atoms with Gasteiger partial charge in [-0.2, -0.15) is 0 Å². The average molecular weight is 382 g/mol. The van der Waals surface area contributed by atoms with Crippen LogP contribution in [0.2, 0.25) is 0 Å². The van der Waals surface area contributed by atoms with E-state index in [1.165, 1.54) is 5.56 Å². The normalized spacial score (nSPS) is 27.3. The molecular weight excluding hydrogens is 362 g/mol. The molecule has 1 aliphatic rings. The molecule has 23 heavy (non-hydrogen) atoms. The second-order valence-corrected chi connectivity index (χ2v) is 12.0. The monoisotopic (exact) mass is 382 g/mol. The number of rotatable bonds is 6. The summed E-state index contributed by atoms with van der Waals surface area (Å²) in [5, 5.41) is 6.45. The third kappa shape index (κ3) is 4.27. The predicted octanol–water partition coefficient (Wildman–Crippen LogP) is 0.552. The zero-order valence-electron chi connectivity index (χ0n) is 12.3. The van der Waals surface area contributed by atoms with E-state index in [4.69, 9.17) is 14.7 Å². The number of aliphatic hydroxyl groups is 1. The molecule has 4 N–H and O–H groups in total. The van der Waals surface area contributed by atoms with Gasteiger partial charge in [0.1, 0.15) is 17.3 Å². The first-order valence-corrected chi connectivity index (χ1v) is 12.0. The maximum absolute atomic E-state index is 11.3. The lowest BCUT2D eigenvalue weighted by molar-refractivity contribution is -0.206. The quantitative estimate of drug-likeness (QED) is 0.416. The molecule has 0 bridgehead atoms. The highest BCUT2D eigenvalue weighted by atomic mass is 32.2. The maximum atomic E-state index is 11.3. The summed E-state index contributed by atoms with van der Waals surface area (Å²) in [6, 6.07) is 9.84. The van der Waals surface area contributed by atoms with E-state index in [1.807, 2.05) is 30.3 Å². The minimum atomic E-state index is -5.59. The molecule has 1 aliphatic heterocycles. The highest BCUT2D eigenvalue weighted by molar-refractivity contribution is 7.97. The van der Waals surface area contributed by atoms with Gasteiger partial charge >= 0.3 is 7.60 Å². The Morgan fingerprint density at radius 2 is 1.83 bits per heavy atom. The van der Waals surface area contributed by atoms with Crippen molar-refractivity contribution in [3.8, 4) is 0 Å². The van der Waals surface area contributed by atoms with Crippen molar-refractivity contribution in [3.05, 3.63) is 35.9 Å². The molecule has 0 aliphatic carbocycles. The summed E-state index contributed by atoms with van der Waals surface area (Å²) in [4.78, 5) is 38.5. The van der Waals surface area contributed by atoms with Crippen LogP contribution in [0.15, 0.2) is 30.3 Å². The standard InChI is InChI=1S/C13H20O7P2S/c14-13(21(15,16)17,22(18,19)20)7-9-23-8-6-12(10-23)11-4-2-1-3-5-11/h1-5,12,14H,6-10H2,(H3-,15,16,17,18,19,20). The lowest BCUT2D eigenvalue weighted by Gasteiger charge is -2.35. The van der Waals surface area contributed by atoms with Crippen molar-refractivity contribution in [1.82, 2.24) is 0 Å². The molecule has 0 aromatic heterocycles. The van der Waals surface area contributed by atoms with Gasteiger partial charge in [0.25, 0.3) is 0 Å². The van der Waals surface area contributed by atoms with Crippen LogP contribution in [-0.2, 0) is 20.0 Å². The lowest BCUT2D eigenvalue weighted by atomic mass is 9.99. The van der Waals surface area contributed by atoms with Gasteiger partial charge in [0.15, 0.2) is 7.60 Å². The van der Waals surface area contributed by atoms with Gasteiger partial charge in [-0.05, 0) is 16.5 Å². The molecule has 0 radical (unpaired) electrons. The first-order chi connectivity index (χ1) is 10.5. The molecule has 1 aromatic carbocycles. The predicted molar refractivity (Wildman–Crippen MR) is 87.2 cm³/mol. The fourth-order valence-corrected chi connectivity index (χ4v) is 7.75. The fraction of sp³-hybridized carbons (Fsp3) is 0.538. The molecule has 4 unspecified atom stereocenters. The second kappa shape index (κ2) is 6.98. The van der Waals surface area contributed by atoms with Crippen LogP contribution in [0.25, 0.3) is 0 Å². The Bertz CT molecular complexity index is 604. The zero-order valence-corrected chi connectivity index (χ0v) is 14.9. The van der Waals surface area contributed by atoms with Crippen LogP contribution in [0.3, 0.4) is 0 Å². The smallest absolute Gasteiger partial charge is 0.365 e. The molecular formula is C13H20O7P2S. The molecule has 0 spiro atoms. The highest BCUT2D eigenvalue weighted by Gasteiger charge is 2.54. The molecule has 1 saturated heterocycles. The molecule has 1 heterocycles.